The first kappa shape index (κ1) is 16.1. The molecule has 1 N–H and O–H groups in total. The van der Waals surface area contributed by atoms with Crippen molar-refractivity contribution in [1.82, 2.24) is 5.32 Å². The predicted molar refractivity (Wildman–Crippen MR) is 89.3 cm³/mol. The van der Waals surface area contributed by atoms with E-state index < -0.39 is 0 Å². The first-order valence-corrected chi connectivity index (χ1v) is 7.80. The molecule has 0 spiro atoms. The standard InChI is InChI=1S/C16H17BrClNO2/c1-19-11-12-2-5-14(6-3-12)20-8-9-21-16-7-4-13(17)10-15(16)18/h2-7,10,19H,8-9,11H2,1H3. The molecule has 5 heteroatoms. The van der Waals surface area contributed by atoms with Crippen molar-refractivity contribution in [2.75, 3.05) is 20.3 Å². The summed E-state index contributed by atoms with van der Waals surface area (Å²) >= 11 is 9.43. The number of rotatable bonds is 7. The van der Waals surface area contributed by atoms with Gasteiger partial charge in [-0.15, -0.1) is 0 Å². The van der Waals surface area contributed by atoms with Gasteiger partial charge in [0, 0.05) is 11.0 Å². The SMILES string of the molecule is CNCc1ccc(OCCOc2ccc(Br)cc2Cl)cc1. The van der Waals surface area contributed by atoms with E-state index >= 15 is 0 Å². The van der Waals surface area contributed by atoms with Crippen molar-refractivity contribution in [2.24, 2.45) is 0 Å². The van der Waals surface area contributed by atoms with Gasteiger partial charge in [-0.25, -0.2) is 0 Å². The maximum atomic E-state index is 6.07. The first-order chi connectivity index (χ1) is 10.2. The molecule has 0 saturated heterocycles. The molecule has 2 aromatic rings. The molecule has 112 valence electrons. The lowest BCUT2D eigenvalue weighted by molar-refractivity contribution is 0.217. The van der Waals surface area contributed by atoms with E-state index in [-0.39, 0.29) is 0 Å². The van der Waals surface area contributed by atoms with Gasteiger partial charge in [-0.2, -0.15) is 0 Å². The van der Waals surface area contributed by atoms with Crippen molar-refractivity contribution in [1.29, 1.82) is 0 Å². The second kappa shape index (κ2) is 8.27. The van der Waals surface area contributed by atoms with Gasteiger partial charge in [-0.05, 0) is 42.9 Å². The fraction of sp³-hybridized carbons (Fsp3) is 0.250. The van der Waals surface area contributed by atoms with E-state index in [9.17, 15) is 0 Å². The van der Waals surface area contributed by atoms with Gasteiger partial charge in [-0.3, -0.25) is 0 Å². The zero-order chi connectivity index (χ0) is 15.1. The molecule has 0 aliphatic carbocycles. The van der Waals surface area contributed by atoms with Crippen LogP contribution in [0.2, 0.25) is 5.02 Å². The molecule has 0 fully saturated rings. The van der Waals surface area contributed by atoms with E-state index in [1.807, 2.05) is 43.4 Å². The summed E-state index contributed by atoms with van der Waals surface area (Å²) in [6.45, 7) is 1.77. The van der Waals surface area contributed by atoms with E-state index in [4.69, 9.17) is 21.1 Å². The summed E-state index contributed by atoms with van der Waals surface area (Å²) in [5.41, 5.74) is 1.22. The molecule has 0 aliphatic rings. The fourth-order valence-electron chi connectivity index (χ4n) is 1.81. The molecule has 0 aliphatic heterocycles. The number of ether oxygens (including phenoxy) is 2. The lowest BCUT2D eigenvalue weighted by Crippen LogP contribution is -2.09. The monoisotopic (exact) mass is 369 g/mol. The van der Waals surface area contributed by atoms with Gasteiger partial charge in [0.2, 0.25) is 0 Å². The highest BCUT2D eigenvalue weighted by atomic mass is 79.9. The summed E-state index contributed by atoms with van der Waals surface area (Å²) in [5.74, 6) is 1.49. The third-order valence-electron chi connectivity index (χ3n) is 2.81. The highest BCUT2D eigenvalue weighted by Gasteiger charge is 2.02. The zero-order valence-corrected chi connectivity index (χ0v) is 14.1. The minimum absolute atomic E-state index is 0.444. The first-order valence-electron chi connectivity index (χ1n) is 6.63. The minimum atomic E-state index is 0.444. The Morgan fingerprint density at radius 3 is 2.43 bits per heavy atom. The van der Waals surface area contributed by atoms with E-state index in [1.165, 1.54) is 5.56 Å². The molecule has 0 saturated carbocycles. The number of hydrogen-bond donors (Lipinski definition) is 1. The molecule has 0 heterocycles. The van der Waals surface area contributed by atoms with Crippen LogP contribution in [-0.2, 0) is 6.54 Å². The average molecular weight is 371 g/mol. The predicted octanol–water partition coefficient (Wildman–Crippen LogP) is 4.28. The molecular formula is C16H17BrClNO2. The van der Waals surface area contributed by atoms with E-state index in [0.29, 0.717) is 24.0 Å². The summed E-state index contributed by atoms with van der Waals surface area (Å²) in [7, 11) is 1.93. The van der Waals surface area contributed by atoms with Crippen LogP contribution in [0.4, 0.5) is 0 Å². The summed E-state index contributed by atoms with van der Waals surface area (Å²) in [6.07, 6.45) is 0. The van der Waals surface area contributed by atoms with Gasteiger partial charge in [0.15, 0.2) is 0 Å². The number of benzene rings is 2. The fourth-order valence-corrected chi connectivity index (χ4v) is 2.54. The van der Waals surface area contributed by atoms with Crippen LogP contribution in [0, 0.1) is 0 Å². The highest BCUT2D eigenvalue weighted by Crippen LogP contribution is 2.27. The maximum Gasteiger partial charge on any atom is 0.138 e. The van der Waals surface area contributed by atoms with Gasteiger partial charge in [0.1, 0.15) is 24.7 Å². The summed E-state index contributed by atoms with van der Waals surface area (Å²) in [5, 5.41) is 3.69. The molecule has 2 aromatic carbocycles. The van der Waals surface area contributed by atoms with Crippen molar-refractivity contribution in [3.05, 3.63) is 57.5 Å². The zero-order valence-electron chi connectivity index (χ0n) is 11.7. The molecule has 21 heavy (non-hydrogen) atoms. The van der Waals surface area contributed by atoms with E-state index in [2.05, 4.69) is 21.2 Å². The van der Waals surface area contributed by atoms with Crippen LogP contribution in [0.5, 0.6) is 11.5 Å². The second-order valence-corrected chi connectivity index (χ2v) is 5.77. The molecule has 0 radical (unpaired) electrons. The number of hydrogen-bond acceptors (Lipinski definition) is 3. The number of nitrogens with one attached hydrogen (secondary N) is 1. The molecule has 0 aromatic heterocycles. The van der Waals surface area contributed by atoms with E-state index in [0.717, 1.165) is 16.8 Å². The molecule has 0 amide bonds. The smallest absolute Gasteiger partial charge is 0.138 e. The number of halogens is 2. The molecule has 0 unspecified atom stereocenters. The Kier molecular flexibility index (Phi) is 6.36. The van der Waals surface area contributed by atoms with Crippen molar-refractivity contribution < 1.29 is 9.47 Å². The lowest BCUT2D eigenvalue weighted by atomic mass is 10.2. The Labute approximate surface area is 138 Å². The second-order valence-electron chi connectivity index (χ2n) is 4.45. The Morgan fingerprint density at radius 1 is 1.05 bits per heavy atom. The lowest BCUT2D eigenvalue weighted by Gasteiger charge is -2.10. The highest BCUT2D eigenvalue weighted by molar-refractivity contribution is 9.10. The third-order valence-corrected chi connectivity index (χ3v) is 3.60. The minimum Gasteiger partial charge on any atom is -0.490 e. The van der Waals surface area contributed by atoms with Crippen molar-refractivity contribution >= 4 is 27.5 Å². The van der Waals surface area contributed by atoms with Crippen LogP contribution in [0.15, 0.2) is 46.9 Å². The van der Waals surface area contributed by atoms with Crippen molar-refractivity contribution in [3.63, 3.8) is 0 Å². The molecule has 2 rings (SSSR count). The Morgan fingerprint density at radius 2 is 1.76 bits per heavy atom. The van der Waals surface area contributed by atoms with Crippen LogP contribution < -0.4 is 14.8 Å². The van der Waals surface area contributed by atoms with Gasteiger partial charge in [-0.1, -0.05) is 39.7 Å². The van der Waals surface area contributed by atoms with Crippen LogP contribution in [0.1, 0.15) is 5.56 Å². The summed E-state index contributed by atoms with van der Waals surface area (Å²) < 4.78 is 12.1. The molecule has 0 atom stereocenters. The summed E-state index contributed by atoms with van der Waals surface area (Å²) in [6, 6.07) is 13.5. The van der Waals surface area contributed by atoms with Crippen LogP contribution in [0.25, 0.3) is 0 Å². The Hall–Kier alpha value is -1.23. The Bertz CT molecular complexity index is 575. The quantitative estimate of drug-likeness (QED) is 0.738. The van der Waals surface area contributed by atoms with Gasteiger partial charge in [0.25, 0.3) is 0 Å². The maximum absolute atomic E-state index is 6.07. The average Bonchev–Trinajstić information content (AvgIpc) is 2.47. The van der Waals surface area contributed by atoms with Gasteiger partial charge < -0.3 is 14.8 Å². The Balaban J connectivity index is 1.76. The third kappa shape index (κ3) is 5.23. The molecule has 0 bridgehead atoms. The topological polar surface area (TPSA) is 30.5 Å². The van der Waals surface area contributed by atoms with E-state index in [1.54, 1.807) is 6.07 Å². The normalized spacial score (nSPS) is 10.4. The molecule has 3 nitrogen and oxygen atoms in total. The largest absolute Gasteiger partial charge is 0.490 e. The van der Waals surface area contributed by atoms with Crippen molar-refractivity contribution in [2.45, 2.75) is 6.54 Å². The van der Waals surface area contributed by atoms with Crippen LogP contribution in [-0.4, -0.2) is 20.3 Å². The van der Waals surface area contributed by atoms with Crippen LogP contribution >= 0.6 is 27.5 Å². The van der Waals surface area contributed by atoms with Crippen molar-refractivity contribution in [3.8, 4) is 11.5 Å². The van der Waals surface area contributed by atoms with Gasteiger partial charge >= 0.3 is 0 Å². The summed E-state index contributed by atoms with van der Waals surface area (Å²) in [4.78, 5) is 0. The molecular weight excluding hydrogens is 354 g/mol. The van der Waals surface area contributed by atoms with Crippen LogP contribution in [0.3, 0.4) is 0 Å². The van der Waals surface area contributed by atoms with Gasteiger partial charge in [0.05, 0.1) is 5.02 Å².